The monoisotopic (exact) mass is 2020 g/mol. The van der Waals surface area contributed by atoms with E-state index in [-0.39, 0.29) is 91.3 Å². The number of aliphatic hydroxyl groups is 2. The minimum absolute atomic E-state index is 0. The van der Waals surface area contributed by atoms with E-state index in [1.807, 2.05) is 66.7 Å². The number of ether oxygens (including phenoxy) is 9. The number of carboxylic acids is 1. The normalized spacial score (nSPS) is 20.7. The standard InChI is InChI=1S/C33H46N10O16P2.C32H47N9O18P2.C6H6.C2HF3O2.H3N/c1-19(42-12-10-24(35)41-32(42)46)57-21(14-54-60(48,49)50)15-55-61(51,52)56-16-23-27(26(44)30(58-23)43-18-40-25-28(36)38-17-39-29(25)43)59-31(45)22(34)9-5-6-11-37-33(47)53-13-20-7-3-2-4-8-20;1-32(2,3)58-31(46)39-17(8-5-6-9-35-30(45)52-4)28(43)57-24-20(56-27(23(24)42)41-16-38-22-25(33)36-15-37-26(22)41)14-54-61(50,51)59-18-12-21(40-11-7-10-34-29(40)44)55-19(18)13-53-60(47,48)49;1-2-4-6-5-3-1;3-2(4,5)1(6)7;/h2-4,7-8,10,12,17-19,21-23,26-27,30,44H,5-6,9,11,13-16,34H2,1H3,(H,37,47)(H,51,52)(H2,35,41,46)(H2,36,38,39)(H2,48,49,50);7,10-11,15-21,23-24,27,42,47-51H,5-6,8-9,12-14H2,1-4H3,(H2-2,33,35,36,37,39,45,46);1-6H;(H,6,7);1H3/p+2/t19-,21-,22+,23-,26-,27-,30-;17-,18-,19+,20+,21+,23+,24+,27+;;;/m10.../s1. The van der Waals surface area contributed by atoms with Gasteiger partial charge >= 0.3 is 85.7 Å². The van der Waals surface area contributed by atoms with Gasteiger partial charge in [-0.3, -0.25) is 36.6 Å². The Kier molecular flexibility index (Phi) is 42.5. The van der Waals surface area contributed by atoms with Gasteiger partial charge in [0, 0.05) is 38.1 Å². The van der Waals surface area contributed by atoms with Crippen LogP contribution in [0.4, 0.5) is 45.0 Å². The number of unbranched alkanes of at least 4 members (excludes halogenated alkanes) is 2. The highest BCUT2D eigenvalue weighted by molar-refractivity contribution is 7.54. The Morgan fingerprint density at radius 3 is 1.70 bits per heavy atom. The maximum absolute atomic E-state index is 13.9. The second kappa shape index (κ2) is 51.5. The van der Waals surface area contributed by atoms with E-state index in [1.54, 1.807) is 20.8 Å². The van der Waals surface area contributed by atoms with Crippen molar-refractivity contribution in [1.29, 1.82) is 0 Å². The Labute approximate surface area is 769 Å². The van der Waals surface area contributed by atoms with Crippen molar-refractivity contribution in [1.82, 2.24) is 80.2 Å². The van der Waals surface area contributed by atoms with E-state index in [2.05, 4.69) is 69.6 Å². The third-order valence-corrected chi connectivity index (χ3v) is 21.6. The Morgan fingerprint density at radius 2 is 1.17 bits per heavy atom. The van der Waals surface area contributed by atoms with E-state index in [1.165, 1.54) is 66.5 Å². The number of nitrogens with zero attached hydrogens (tertiary/aromatic N) is 12. The first kappa shape index (κ1) is 112. The first-order valence-electron chi connectivity index (χ1n) is 40.1. The smallest absolute Gasteiger partial charge is 0.475 e. The molecule has 11 rings (SSSR count). The molecule has 2 aromatic carbocycles. The molecule has 3 saturated heterocycles. The number of nitrogens with two attached hydrogens (primary N) is 4. The summed E-state index contributed by atoms with van der Waals surface area (Å²) in [5, 5.41) is 37.8. The molecule has 63 heteroatoms. The largest absolute Gasteiger partial charge is 0.570 e. The number of aliphatic carboxylic acids is 1. The number of alkyl halides is 3. The third-order valence-electron chi connectivity index (χ3n) is 18.6. The van der Waals surface area contributed by atoms with Gasteiger partial charge in [0.05, 0.1) is 39.6 Å². The molecular weight excluding hydrogens is 1910 g/mol. The van der Waals surface area contributed by atoms with Crippen molar-refractivity contribution < 1.29 is 175 Å². The molecule has 9 heterocycles. The number of amides is 3. The van der Waals surface area contributed by atoms with E-state index in [0.29, 0.717) is 19.3 Å². The average molecular weight is 2020 g/mol. The van der Waals surface area contributed by atoms with Gasteiger partial charge in [-0.05, 0) is 83.9 Å². The lowest BCUT2D eigenvalue weighted by atomic mass is 10.1. The first-order chi connectivity index (χ1) is 63.5. The molecule has 8 aromatic rings. The third kappa shape index (κ3) is 35.9. The molecule has 25 N–H and O–H groups in total. The van der Waals surface area contributed by atoms with Crippen LogP contribution in [0.1, 0.15) is 103 Å². The number of rotatable bonds is 40. The number of hydrogen-bond acceptors (Lipinski definition) is 45. The number of methoxy groups -OCH3 is 1. The summed E-state index contributed by atoms with van der Waals surface area (Å²) >= 11 is 0. The van der Waals surface area contributed by atoms with Crippen LogP contribution in [-0.4, -0.2) is 281 Å². The molecule has 3 aliphatic heterocycles. The minimum Gasteiger partial charge on any atom is -0.475 e. The molecule has 0 spiro atoms. The number of fused-ring (bicyclic) bond motifs is 2. The van der Waals surface area contributed by atoms with E-state index >= 15 is 0 Å². The predicted molar refractivity (Wildman–Crippen MR) is 459 cm³/mol. The molecule has 16 atom stereocenters. The Balaban J connectivity index is 0.000000324. The lowest BCUT2D eigenvalue weighted by Gasteiger charge is -2.26. The summed E-state index contributed by atoms with van der Waals surface area (Å²) in [5.41, 5.74) is 22.3. The zero-order chi connectivity index (χ0) is 99.3. The summed E-state index contributed by atoms with van der Waals surface area (Å²) in [6.45, 7) is 2.49. The molecule has 136 heavy (non-hydrogen) atoms. The van der Waals surface area contributed by atoms with Crippen molar-refractivity contribution in [2.24, 2.45) is 5.73 Å². The van der Waals surface area contributed by atoms with Crippen LogP contribution in [0.15, 0.2) is 132 Å². The Bertz CT molecular complexity index is 5380. The van der Waals surface area contributed by atoms with Gasteiger partial charge < -0.3 is 118 Å². The Hall–Kier alpha value is -10.9. The second-order valence-electron chi connectivity index (χ2n) is 29.9. The molecule has 3 aliphatic rings. The number of carbonyl (C=O) groups excluding carboxylic acids is 5. The maximum atomic E-state index is 13.9. The number of nitrogens with one attached hydrogen (secondary N) is 3. The van der Waals surface area contributed by atoms with Crippen molar-refractivity contribution in [2.75, 3.05) is 70.4 Å². The molecule has 6 aromatic heterocycles. The van der Waals surface area contributed by atoms with Crippen LogP contribution >= 0.6 is 32.0 Å². The number of alkyl carbamates (subject to hydrolysis) is 3. The van der Waals surface area contributed by atoms with Crippen LogP contribution < -0.4 is 56.4 Å². The second-order valence-corrected chi connectivity index (χ2v) is 35.3. The summed E-state index contributed by atoms with van der Waals surface area (Å²) in [7, 11) is -18.7. The number of aliphatic hydroxyl groups excluding tert-OH is 2. The Morgan fingerprint density at radius 1 is 0.640 bits per heavy atom. The number of anilines is 3. The van der Waals surface area contributed by atoms with Crippen molar-refractivity contribution in [2.45, 2.75) is 183 Å². The van der Waals surface area contributed by atoms with Gasteiger partial charge in [-0.2, -0.15) is 51.7 Å². The van der Waals surface area contributed by atoms with E-state index in [0.717, 1.165) is 27.4 Å². The molecule has 0 radical (unpaired) electrons. The topological polar surface area (TPSA) is 830 Å². The highest BCUT2D eigenvalue weighted by Crippen LogP contribution is 2.57. The minimum atomic E-state index is -5.12. The molecule has 1 unspecified atom stereocenters. The first-order valence-corrected chi connectivity index (χ1v) is 46.3. The van der Waals surface area contributed by atoms with Crippen LogP contribution in [0.5, 0.6) is 0 Å². The van der Waals surface area contributed by atoms with Crippen molar-refractivity contribution in [3.63, 3.8) is 0 Å². The van der Waals surface area contributed by atoms with Crippen molar-refractivity contribution in [3.8, 4) is 0 Å². The van der Waals surface area contributed by atoms with Gasteiger partial charge in [0.15, 0.2) is 47.6 Å². The van der Waals surface area contributed by atoms with Crippen LogP contribution in [-0.2, 0) is 99.9 Å². The van der Waals surface area contributed by atoms with Gasteiger partial charge in [-0.15, -0.1) is 4.52 Å². The number of phosphoric ester groups is 2. The van der Waals surface area contributed by atoms with Crippen LogP contribution in [0.3, 0.4) is 0 Å². The molecular formula is C73H105F3N20O36P4+2. The quantitative estimate of drug-likeness (QED) is 0.0113. The summed E-state index contributed by atoms with van der Waals surface area (Å²) in [4.78, 5) is 208. The van der Waals surface area contributed by atoms with Gasteiger partial charge in [-0.25, -0.2) is 77.6 Å². The molecule has 752 valence electrons. The number of aromatic nitrogens is 12. The van der Waals surface area contributed by atoms with E-state index in [4.69, 9.17) is 88.8 Å². The van der Waals surface area contributed by atoms with Crippen LogP contribution in [0.2, 0.25) is 0 Å². The number of benzene rings is 2. The summed E-state index contributed by atoms with van der Waals surface area (Å²) in [6, 6.07) is 21.2. The number of nitrogen functional groups attached to an aromatic ring is 3. The molecule has 3 fully saturated rings. The predicted octanol–water partition coefficient (Wildman–Crippen LogP) is 1.75. The SMILES string of the molecule is COC(=O)NCCCC[C@H](NC(=O)OC(C)(C)C)C(=O)O[C@H]1[C@@H](O)[C@H](n2cnc3c(N)ncnc32)O[C@@H]1CO[P+](O)(O)O[C@H]1C[C@H](n2cccnc2=O)O[C@@H]1CO[P+](O)(O)O.C[C@@H](O[C@H](COP(=O)(O)O)COP(=O)(O)OC[C@H]1O[C@@H](n2cnc3c(N)ncnc32)[C@H](O)[C@@H]1OC(=O)[C@@H](N)CCCCNC(=O)OCc1ccccc1)n1ccc(N)nc1=O.N.O=C(O)C(F)(F)F.c1ccccc1. The number of esters is 2. The highest BCUT2D eigenvalue weighted by atomic mass is 31.2. The maximum Gasteiger partial charge on any atom is 0.570 e. The van der Waals surface area contributed by atoms with Crippen molar-refractivity contribution >= 4 is 108 Å². The van der Waals surface area contributed by atoms with Gasteiger partial charge in [0.2, 0.25) is 0 Å². The molecule has 3 amide bonds. The molecule has 0 saturated carbocycles. The molecule has 56 nitrogen and oxygen atoms in total. The average Bonchev–Trinajstić information content (AvgIpc) is 1.62. The number of imidazole rings is 2. The van der Waals surface area contributed by atoms with Gasteiger partial charge in [0.1, 0.15) is 122 Å². The van der Waals surface area contributed by atoms with Gasteiger partial charge in [0.25, 0.3) is 0 Å². The number of phosphoric acid groups is 2. The van der Waals surface area contributed by atoms with E-state index < -0.39 is 216 Å². The lowest BCUT2D eigenvalue weighted by molar-refractivity contribution is -0.192. The zero-order valence-corrected chi connectivity index (χ0v) is 76.3. The lowest BCUT2D eigenvalue weighted by Crippen LogP contribution is -2.47. The summed E-state index contributed by atoms with van der Waals surface area (Å²) < 4.78 is 141. The number of hydrogen-bond donors (Lipinski definition) is 19. The van der Waals surface area contributed by atoms with Crippen LogP contribution in [0, 0.1) is 0 Å². The fourth-order valence-electron chi connectivity index (χ4n) is 12.4. The summed E-state index contributed by atoms with van der Waals surface area (Å²) in [6.07, 6.45) is -16.4. The van der Waals surface area contributed by atoms with Crippen molar-refractivity contribution in [3.05, 3.63) is 149 Å². The number of carboxylic acid groups (broad SMARTS) is 1. The number of halogens is 3. The zero-order valence-electron chi connectivity index (χ0n) is 72.7. The fraction of sp³-hybridized carbons (Fsp3) is 0.507. The highest BCUT2D eigenvalue weighted by Gasteiger charge is 2.56. The van der Waals surface area contributed by atoms with Crippen LogP contribution in [0.25, 0.3) is 22.3 Å². The fourth-order valence-corrected chi connectivity index (χ4v) is 14.9. The molecule has 0 aliphatic carbocycles. The van der Waals surface area contributed by atoms with Gasteiger partial charge in [-0.1, -0.05) is 66.7 Å². The van der Waals surface area contributed by atoms with E-state index in [9.17, 15) is 105 Å². The molecule has 0 bridgehead atoms. The summed E-state index contributed by atoms with van der Waals surface area (Å²) in [5.74, 6) is -4.84. The number of carbonyl (C=O) groups is 6.